The molecule has 140 valence electrons. The molecule has 0 amide bonds. The fraction of sp³-hybridized carbons (Fsp3) is 0.0909. The second-order valence-corrected chi connectivity index (χ2v) is 6.92. The second-order valence-electron chi connectivity index (χ2n) is 6.51. The van der Waals surface area contributed by atoms with Gasteiger partial charge in [0.25, 0.3) is 0 Å². The highest BCUT2D eigenvalue weighted by atomic mass is 35.5. The van der Waals surface area contributed by atoms with Gasteiger partial charge in [0.05, 0.1) is 16.3 Å². The Morgan fingerprint density at radius 2 is 1.54 bits per heavy atom. The summed E-state index contributed by atoms with van der Waals surface area (Å²) in [4.78, 5) is 23.9. The Hall–Kier alpha value is -3.31. The number of esters is 1. The molecule has 0 saturated carbocycles. The number of nitrogens with two attached hydrogens (primary N) is 1. The summed E-state index contributed by atoms with van der Waals surface area (Å²) >= 11 is 5.88. The van der Waals surface area contributed by atoms with Gasteiger partial charge in [-0.1, -0.05) is 60.1 Å². The number of hydrogen-bond acceptors (Lipinski definition) is 4. The van der Waals surface area contributed by atoms with Crippen molar-refractivity contribution in [2.75, 3.05) is 12.3 Å². The number of anilines is 1. The van der Waals surface area contributed by atoms with Crippen molar-refractivity contribution in [3.8, 4) is 11.1 Å². The monoisotopic (exact) mass is 393 g/mol. The topological polar surface area (TPSA) is 89.6 Å². The number of carbonyl (C=O) groups is 2. The van der Waals surface area contributed by atoms with E-state index in [0.717, 1.165) is 22.3 Å². The molecule has 0 aliphatic heterocycles. The fourth-order valence-electron chi connectivity index (χ4n) is 3.66. The minimum Gasteiger partial charge on any atom is -0.478 e. The number of carbonyl (C=O) groups excluding carboxylic acids is 1. The Kier molecular flexibility index (Phi) is 4.53. The van der Waals surface area contributed by atoms with Crippen LogP contribution in [0.25, 0.3) is 11.1 Å². The molecule has 6 heteroatoms. The number of ether oxygens (including phenoxy) is 1. The van der Waals surface area contributed by atoms with Gasteiger partial charge in [-0.25, -0.2) is 9.59 Å². The molecule has 5 nitrogen and oxygen atoms in total. The number of carboxylic acid groups (broad SMARTS) is 1. The van der Waals surface area contributed by atoms with Crippen LogP contribution >= 0.6 is 11.6 Å². The van der Waals surface area contributed by atoms with Gasteiger partial charge in [-0.05, 0) is 34.4 Å². The molecule has 0 aromatic heterocycles. The number of hydrogen-bond donors (Lipinski definition) is 2. The van der Waals surface area contributed by atoms with E-state index in [9.17, 15) is 14.7 Å². The van der Waals surface area contributed by atoms with E-state index in [1.807, 2.05) is 48.5 Å². The van der Waals surface area contributed by atoms with Gasteiger partial charge >= 0.3 is 11.9 Å². The summed E-state index contributed by atoms with van der Waals surface area (Å²) in [7, 11) is 0. The molecule has 0 bridgehead atoms. The molecule has 0 unspecified atom stereocenters. The van der Waals surface area contributed by atoms with Crippen LogP contribution in [0, 0.1) is 0 Å². The third-order valence-electron chi connectivity index (χ3n) is 4.97. The molecule has 0 heterocycles. The van der Waals surface area contributed by atoms with Gasteiger partial charge in [-0.2, -0.15) is 0 Å². The number of aromatic carboxylic acids is 1. The number of fused-ring (bicyclic) bond motifs is 3. The van der Waals surface area contributed by atoms with E-state index < -0.39 is 11.9 Å². The Morgan fingerprint density at radius 3 is 2.11 bits per heavy atom. The summed E-state index contributed by atoms with van der Waals surface area (Å²) in [6, 6.07) is 18.7. The number of halogens is 1. The van der Waals surface area contributed by atoms with Crippen molar-refractivity contribution in [1.29, 1.82) is 0 Å². The predicted octanol–water partition coefficient (Wildman–Crippen LogP) is 4.59. The lowest BCUT2D eigenvalue weighted by atomic mass is 9.98. The fourth-order valence-corrected chi connectivity index (χ4v) is 3.91. The molecule has 0 radical (unpaired) electrons. The van der Waals surface area contributed by atoms with Crippen molar-refractivity contribution >= 4 is 29.2 Å². The second kappa shape index (κ2) is 7.02. The molecule has 3 aromatic carbocycles. The molecule has 0 fully saturated rings. The lowest BCUT2D eigenvalue weighted by molar-refractivity contribution is 0.0495. The van der Waals surface area contributed by atoms with Crippen molar-refractivity contribution < 1.29 is 19.4 Å². The van der Waals surface area contributed by atoms with E-state index in [2.05, 4.69) is 0 Å². The van der Waals surface area contributed by atoms with Gasteiger partial charge in [-0.3, -0.25) is 0 Å². The summed E-state index contributed by atoms with van der Waals surface area (Å²) in [5, 5.41) is 9.23. The van der Waals surface area contributed by atoms with E-state index in [4.69, 9.17) is 22.1 Å². The van der Waals surface area contributed by atoms with Gasteiger partial charge in [-0.15, -0.1) is 0 Å². The van der Waals surface area contributed by atoms with Crippen LogP contribution in [-0.2, 0) is 4.74 Å². The molecule has 0 saturated heterocycles. The quantitative estimate of drug-likeness (QED) is 0.499. The minimum atomic E-state index is -1.30. The number of carboxylic acids is 1. The minimum absolute atomic E-state index is 0.0126. The molecule has 1 aliphatic rings. The van der Waals surface area contributed by atoms with E-state index >= 15 is 0 Å². The summed E-state index contributed by atoms with van der Waals surface area (Å²) in [5.41, 5.74) is 9.77. The average molecular weight is 394 g/mol. The van der Waals surface area contributed by atoms with Gasteiger partial charge < -0.3 is 15.6 Å². The molecule has 3 aromatic rings. The Balaban J connectivity index is 1.62. The highest BCUT2D eigenvalue weighted by Crippen LogP contribution is 2.44. The largest absolute Gasteiger partial charge is 0.478 e. The van der Waals surface area contributed by atoms with E-state index in [1.165, 1.54) is 12.1 Å². The Morgan fingerprint density at radius 1 is 0.964 bits per heavy atom. The van der Waals surface area contributed by atoms with E-state index in [1.54, 1.807) is 0 Å². The molecule has 3 N–H and O–H groups in total. The molecular formula is C22H16ClNO4. The molecular weight excluding hydrogens is 378 g/mol. The lowest BCUT2D eigenvalue weighted by Crippen LogP contribution is -2.16. The Labute approximate surface area is 166 Å². The molecule has 0 atom stereocenters. The van der Waals surface area contributed by atoms with E-state index in [0.29, 0.717) is 0 Å². The van der Waals surface area contributed by atoms with Gasteiger partial charge in [0.1, 0.15) is 12.2 Å². The van der Waals surface area contributed by atoms with Crippen molar-refractivity contribution in [2.45, 2.75) is 5.92 Å². The highest BCUT2D eigenvalue weighted by molar-refractivity contribution is 6.34. The maximum Gasteiger partial charge on any atom is 0.340 e. The molecule has 1 aliphatic carbocycles. The van der Waals surface area contributed by atoms with Crippen LogP contribution in [0.2, 0.25) is 5.02 Å². The van der Waals surface area contributed by atoms with Crippen molar-refractivity contribution in [1.82, 2.24) is 0 Å². The summed E-state index contributed by atoms with van der Waals surface area (Å²) in [6.45, 7) is 0.122. The van der Waals surface area contributed by atoms with Crippen LogP contribution < -0.4 is 5.73 Å². The van der Waals surface area contributed by atoms with Gasteiger partial charge in [0, 0.05) is 5.92 Å². The highest BCUT2D eigenvalue weighted by Gasteiger charge is 2.29. The first-order chi connectivity index (χ1) is 13.5. The first-order valence-electron chi connectivity index (χ1n) is 8.65. The van der Waals surface area contributed by atoms with Gasteiger partial charge in [0.2, 0.25) is 0 Å². The summed E-state index contributed by atoms with van der Waals surface area (Å²) in [6.07, 6.45) is 0. The predicted molar refractivity (Wildman–Crippen MR) is 107 cm³/mol. The zero-order valence-corrected chi connectivity index (χ0v) is 15.4. The summed E-state index contributed by atoms with van der Waals surface area (Å²) < 4.78 is 5.53. The zero-order chi connectivity index (χ0) is 19.8. The number of benzene rings is 3. The summed E-state index contributed by atoms with van der Waals surface area (Å²) in [5.74, 6) is -2.07. The number of nitrogen functional groups attached to an aromatic ring is 1. The first-order valence-corrected chi connectivity index (χ1v) is 9.03. The zero-order valence-electron chi connectivity index (χ0n) is 14.7. The van der Waals surface area contributed by atoms with Crippen LogP contribution in [0.15, 0.2) is 60.7 Å². The van der Waals surface area contributed by atoms with Crippen LogP contribution in [-0.4, -0.2) is 23.7 Å². The van der Waals surface area contributed by atoms with Gasteiger partial charge in [0.15, 0.2) is 0 Å². The molecule has 0 spiro atoms. The van der Waals surface area contributed by atoms with Crippen LogP contribution in [0.3, 0.4) is 0 Å². The standard InChI is InChI=1S/C22H16ClNO4/c23-18-10-9-16(20(24)19(18)21(25)26)22(27)28-11-17-14-7-3-1-5-12(14)13-6-2-4-8-15(13)17/h1-10,17H,11,24H2,(H,25,26). The maximum atomic E-state index is 12.6. The smallest absolute Gasteiger partial charge is 0.340 e. The van der Waals surface area contributed by atoms with Crippen molar-refractivity contribution in [2.24, 2.45) is 0 Å². The Bertz CT molecular complexity index is 1060. The van der Waals surface area contributed by atoms with Crippen LogP contribution in [0.1, 0.15) is 37.8 Å². The average Bonchev–Trinajstić information content (AvgIpc) is 3.00. The number of rotatable bonds is 4. The normalized spacial score (nSPS) is 12.3. The SMILES string of the molecule is Nc1c(C(=O)OCC2c3ccccc3-c3ccccc32)ccc(Cl)c1C(=O)O. The lowest BCUT2D eigenvalue weighted by Gasteiger charge is -2.15. The van der Waals surface area contributed by atoms with Crippen molar-refractivity contribution in [3.05, 3.63) is 87.9 Å². The van der Waals surface area contributed by atoms with Crippen molar-refractivity contribution in [3.63, 3.8) is 0 Å². The molecule has 4 rings (SSSR count). The van der Waals surface area contributed by atoms with E-state index in [-0.39, 0.29) is 34.4 Å². The molecule has 28 heavy (non-hydrogen) atoms. The first kappa shape index (κ1) is 18.1. The third kappa shape index (κ3) is 2.90. The maximum absolute atomic E-state index is 12.6. The van der Waals surface area contributed by atoms with Crippen LogP contribution in [0.4, 0.5) is 5.69 Å². The third-order valence-corrected chi connectivity index (χ3v) is 5.29. The van der Waals surface area contributed by atoms with Crippen LogP contribution in [0.5, 0.6) is 0 Å².